The number of hydrogen-bond acceptors (Lipinski definition) is 5. The summed E-state index contributed by atoms with van der Waals surface area (Å²) in [6.45, 7) is 4.89. The summed E-state index contributed by atoms with van der Waals surface area (Å²) >= 11 is 5.34. The van der Waals surface area contributed by atoms with E-state index < -0.39 is 16.8 Å². The highest BCUT2D eigenvalue weighted by molar-refractivity contribution is 6.31. The number of anilines is 2. The number of rotatable bonds is 6. The smallest absolute Gasteiger partial charge is 0.417 e. The average Bonchev–Trinajstić information content (AvgIpc) is 2.64. The summed E-state index contributed by atoms with van der Waals surface area (Å²) < 4.78 is 42.3. The van der Waals surface area contributed by atoms with Crippen molar-refractivity contribution in [2.75, 3.05) is 23.6 Å². The molecule has 1 amide bonds. The number of nitrogens with one attached hydrogen (secondary N) is 1. The number of carbonyl (C=O) groups excluding carboxylic acids is 1. The highest BCUT2D eigenvalue weighted by Gasteiger charge is 2.33. The van der Waals surface area contributed by atoms with Crippen LogP contribution in [0, 0.1) is 6.92 Å². The quantitative estimate of drug-likeness (QED) is 0.286. The van der Waals surface area contributed by atoms with Crippen LogP contribution in [-0.2, 0) is 11.0 Å². The van der Waals surface area contributed by atoms with Crippen LogP contribution in [0.25, 0.3) is 0 Å². The first-order chi connectivity index (χ1) is 13.1. The van der Waals surface area contributed by atoms with Gasteiger partial charge >= 0.3 is 6.18 Å². The van der Waals surface area contributed by atoms with Crippen molar-refractivity contribution in [3.8, 4) is 5.75 Å². The van der Waals surface area contributed by atoms with Gasteiger partial charge in [-0.05, 0) is 43.7 Å². The van der Waals surface area contributed by atoms with E-state index in [1.54, 1.807) is 0 Å². The van der Waals surface area contributed by atoms with Gasteiger partial charge in [0.25, 0.3) is 0 Å². The first kappa shape index (κ1) is 23.5. The molecule has 0 aliphatic rings. The predicted molar refractivity (Wildman–Crippen MR) is 104 cm³/mol. The van der Waals surface area contributed by atoms with Crippen molar-refractivity contribution in [3.05, 3.63) is 52.5 Å². The summed E-state index contributed by atoms with van der Waals surface area (Å²) in [6, 6.07) is 8.92. The molecule has 0 aliphatic carbocycles. The minimum atomic E-state index is -4.52. The van der Waals surface area contributed by atoms with Crippen LogP contribution in [0.3, 0.4) is 0 Å². The Kier molecular flexibility index (Phi) is 9.04. The van der Waals surface area contributed by atoms with Gasteiger partial charge in [-0.3, -0.25) is 9.80 Å². The number of hydrogen-bond donors (Lipinski definition) is 3. The number of halogens is 4. The van der Waals surface area contributed by atoms with E-state index in [4.69, 9.17) is 27.9 Å². The van der Waals surface area contributed by atoms with Gasteiger partial charge in [-0.25, -0.2) is 5.84 Å². The normalized spacial score (nSPS) is 10.6. The number of nitrogens with zero attached hydrogens (tertiary/aromatic N) is 1. The predicted octanol–water partition coefficient (Wildman–Crippen LogP) is 3.92. The van der Waals surface area contributed by atoms with Crippen LogP contribution < -0.4 is 26.6 Å². The molecular weight excluding hydrogens is 397 g/mol. The van der Waals surface area contributed by atoms with Gasteiger partial charge in [0.05, 0.1) is 29.5 Å². The number of hydrazine groups is 1. The molecule has 154 valence electrons. The van der Waals surface area contributed by atoms with Crippen molar-refractivity contribution in [2.24, 2.45) is 11.6 Å². The Balaban J connectivity index is 0.000000280. The second kappa shape index (κ2) is 10.7. The summed E-state index contributed by atoms with van der Waals surface area (Å²) in [6.07, 6.45) is -4.22. The van der Waals surface area contributed by atoms with Crippen molar-refractivity contribution in [3.63, 3.8) is 0 Å². The second-order valence-electron chi connectivity index (χ2n) is 5.49. The summed E-state index contributed by atoms with van der Waals surface area (Å²) in [7, 11) is 0. The average molecular weight is 419 g/mol. The van der Waals surface area contributed by atoms with E-state index in [2.05, 4.69) is 5.32 Å². The molecule has 0 aliphatic heterocycles. The molecule has 0 saturated heterocycles. The minimum Gasteiger partial charge on any atom is -0.494 e. The van der Waals surface area contributed by atoms with Crippen molar-refractivity contribution in [1.29, 1.82) is 0 Å². The molecule has 28 heavy (non-hydrogen) atoms. The van der Waals surface area contributed by atoms with Gasteiger partial charge < -0.3 is 15.8 Å². The zero-order valence-corrected chi connectivity index (χ0v) is 16.1. The minimum absolute atomic E-state index is 0.0525. The van der Waals surface area contributed by atoms with E-state index in [1.165, 1.54) is 11.1 Å². The Hall–Kier alpha value is -2.49. The van der Waals surface area contributed by atoms with E-state index in [1.807, 2.05) is 32.0 Å². The summed E-state index contributed by atoms with van der Waals surface area (Å²) in [5.41, 5.74) is 6.47. The van der Waals surface area contributed by atoms with Gasteiger partial charge in [0.2, 0.25) is 6.41 Å². The lowest BCUT2D eigenvalue weighted by Crippen LogP contribution is -2.36. The molecule has 0 unspecified atom stereocenters. The number of benzene rings is 2. The van der Waals surface area contributed by atoms with Crippen molar-refractivity contribution < 1.29 is 22.7 Å². The first-order valence-corrected chi connectivity index (χ1v) is 8.54. The third-order valence-corrected chi connectivity index (χ3v) is 3.83. The second-order valence-corrected chi connectivity index (χ2v) is 5.90. The molecule has 5 N–H and O–H groups in total. The third-order valence-electron chi connectivity index (χ3n) is 3.50. The topological polar surface area (TPSA) is 93.6 Å². The molecule has 0 spiro atoms. The largest absolute Gasteiger partial charge is 0.494 e. The van der Waals surface area contributed by atoms with Gasteiger partial charge in [0, 0.05) is 11.8 Å². The van der Waals surface area contributed by atoms with Crippen LogP contribution >= 0.6 is 11.6 Å². The lowest BCUT2D eigenvalue weighted by atomic mass is 10.2. The van der Waals surface area contributed by atoms with Crippen LogP contribution in [0.15, 0.2) is 36.4 Å². The third kappa shape index (κ3) is 6.91. The SMILES string of the molecule is CCOc1cc(N(N)CN)ccc1C.O=CNc1ccc(Cl)c(C(F)(F)F)c1. The van der Waals surface area contributed by atoms with E-state index in [0.717, 1.165) is 29.1 Å². The van der Waals surface area contributed by atoms with E-state index in [-0.39, 0.29) is 12.4 Å². The van der Waals surface area contributed by atoms with E-state index >= 15 is 0 Å². The summed E-state index contributed by atoms with van der Waals surface area (Å²) in [5, 5.41) is 3.19. The fraction of sp³-hybridized carbons (Fsp3) is 0.278. The lowest BCUT2D eigenvalue weighted by Gasteiger charge is -2.17. The fourth-order valence-corrected chi connectivity index (χ4v) is 2.31. The molecule has 0 radical (unpaired) electrons. The Morgan fingerprint density at radius 1 is 1.25 bits per heavy atom. The Labute approximate surface area is 166 Å². The Bertz CT molecular complexity index is 788. The van der Waals surface area contributed by atoms with Gasteiger partial charge in [-0.1, -0.05) is 17.7 Å². The molecular formula is C18H22ClF3N4O2. The highest BCUT2D eigenvalue weighted by atomic mass is 35.5. The number of nitrogens with two attached hydrogens (primary N) is 2. The molecule has 0 fully saturated rings. The Morgan fingerprint density at radius 2 is 1.93 bits per heavy atom. The number of ether oxygens (including phenoxy) is 1. The lowest BCUT2D eigenvalue weighted by molar-refractivity contribution is -0.137. The van der Waals surface area contributed by atoms with E-state index in [9.17, 15) is 18.0 Å². The molecule has 6 nitrogen and oxygen atoms in total. The van der Waals surface area contributed by atoms with Gasteiger partial charge in [-0.15, -0.1) is 0 Å². The molecule has 0 heterocycles. The monoisotopic (exact) mass is 418 g/mol. The fourth-order valence-electron chi connectivity index (χ4n) is 2.08. The van der Waals surface area contributed by atoms with Crippen LogP contribution in [0.1, 0.15) is 18.1 Å². The number of amides is 1. The van der Waals surface area contributed by atoms with Gasteiger partial charge in [0.15, 0.2) is 0 Å². The summed E-state index contributed by atoms with van der Waals surface area (Å²) in [5.74, 6) is 6.52. The maximum absolute atomic E-state index is 12.3. The molecule has 0 saturated carbocycles. The Morgan fingerprint density at radius 3 is 2.46 bits per heavy atom. The first-order valence-electron chi connectivity index (χ1n) is 8.16. The molecule has 10 heteroatoms. The van der Waals surface area contributed by atoms with Crippen LogP contribution in [0.5, 0.6) is 5.75 Å². The van der Waals surface area contributed by atoms with Crippen LogP contribution in [0.4, 0.5) is 24.5 Å². The standard InChI is InChI=1S/C10H17N3O.C8H5ClF3NO/c1-3-14-10-6-9(13(12)7-11)5-4-8(10)2;9-7-2-1-5(13-4-14)3-6(7)8(10,11)12/h4-6H,3,7,11-12H2,1-2H3;1-4H,(H,13,14). The van der Waals surface area contributed by atoms with Crippen LogP contribution in [0.2, 0.25) is 5.02 Å². The summed E-state index contributed by atoms with van der Waals surface area (Å²) in [4.78, 5) is 9.99. The van der Waals surface area contributed by atoms with Crippen molar-refractivity contribution >= 4 is 29.4 Å². The van der Waals surface area contributed by atoms with E-state index in [0.29, 0.717) is 13.0 Å². The zero-order chi connectivity index (χ0) is 21.3. The number of aryl methyl sites for hydroxylation is 1. The molecule has 2 aromatic carbocycles. The molecule has 0 aromatic heterocycles. The number of carbonyl (C=O) groups is 1. The number of alkyl halides is 3. The molecule has 0 atom stereocenters. The van der Waals surface area contributed by atoms with Gasteiger partial charge in [0.1, 0.15) is 5.75 Å². The zero-order valence-electron chi connectivity index (χ0n) is 15.4. The highest BCUT2D eigenvalue weighted by Crippen LogP contribution is 2.36. The molecule has 2 rings (SSSR count). The van der Waals surface area contributed by atoms with Gasteiger partial charge in [-0.2, -0.15) is 13.2 Å². The molecule has 2 aromatic rings. The maximum atomic E-state index is 12.3. The maximum Gasteiger partial charge on any atom is 0.417 e. The van der Waals surface area contributed by atoms with Crippen molar-refractivity contribution in [2.45, 2.75) is 20.0 Å². The van der Waals surface area contributed by atoms with Crippen molar-refractivity contribution in [1.82, 2.24) is 0 Å². The molecule has 0 bridgehead atoms. The van der Waals surface area contributed by atoms with Crippen LogP contribution in [-0.4, -0.2) is 19.7 Å².